The van der Waals surface area contributed by atoms with Gasteiger partial charge in [-0.3, -0.25) is 0 Å². The Kier molecular flexibility index (Phi) is 13.9. The van der Waals surface area contributed by atoms with Gasteiger partial charge in [-0.2, -0.15) is 5.32 Å². The number of aryl methyl sites for hydroxylation is 2. The molecule has 0 amide bonds. The number of hydrogen-bond donors (Lipinski definition) is 2. The van der Waals surface area contributed by atoms with Crippen LogP contribution in [0.2, 0.25) is 15.7 Å². The highest BCUT2D eigenvalue weighted by atomic mass is 79.9. The van der Waals surface area contributed by atoms with Gasteiger partial charge < -0.3 is 4.98 Å². The van der Waals surface area contributed by atoms with Crippen molar-refractivity contribution in [2.45, 2.75) is 13.8 Å². The minimum absolute atomic E-state index is 0.186. The normalized spacial score (nSPS) is 10.6. The van der Waals surface area contributed by atoms with Crippen molar-refractivity contribution in [2.75, 3.05) is 5.32 Å². The molecule has 0 radical (unpaired) electrons. The van der Waals surface area contributed by atoms with Crippen LogP contribution >= 0.6 is 96.8 Å². The molecule has 0 aliphatic carbocycles. The van der Waals surface area contributed by atoms with Crippen molar-refractivity contribution in [1.29, 1.82) is 0 Å². The number of hydrogen-bond acceptors (Lipinski definition) is 5. The molecular formula is C26H18AlBr2Cl6N6+. The first-order valence-corrected chi connectivity index (χ1v) is 19.4. The minimum atomic E-state index is -1.72. The molecule has 0 saturated carbocycles. The second-order valence-electron chi connectivity index (χ2n) is 8.07. The van der Waals surface area contributed by atoms with Gasteiger partial charge in [-0.25, -0.2) is 50.1 Å². The zero-order chi connectivity index (χ0) is 30.1. The Labute approximate surface area is 286 Å². The minimum Gasteiger partial charge on any atom is -0.360 e. The average molecular weight is 814 g/mol. The van der Waals surface area contributed by atoms with Gasteiger partial charge in [-0.1, -0.05) is 33.6 Å². The monoisotopic (exact) mass is 809 g/mol. The lowest BCUT2D eigenvalue weighted by Crippen LogP contribution is -1.90. The summed E-state index contributed by atoms with van der Waals surface area (Å²) in [4.78, 5) is 18.9. The first kappa shape index (κ1) is 34.3. The van der Waals surface area contributed by atoms with Crippen molar-refractivity contribution in [1.82, 2.24) is 24.9 Å². The first-order valence-electron chi connectivity index (χ1n) is 11.4. The lowest BCUT2D eigenvalue weighted by atomic mass is 10.1. The summed E-state index contributed by atoms with van der Waals surface area (Å²) in [6.45, 7) is 3.79. The Bertz CT molecular complexity index is 1660. The van der Waals surface area contributed by atoms with Gasteiger partial charge in [0.15, 0.2) is 11.3 Å². The number of nitrogens with one attached hydrogen (secondary N) is 2. The number of benzene rings is 2. The number of aromatic amines is 1. The quantitative estimate of drug-likeness (QED) is 0.0763. The number of aromatic nitrogens is 5. The molecule has 0 bridgehead atoms. The Morgan fingerprint density at radius 2 is 1.44 bits per heavy atom. The molecule has 1 aliphatic rings. The predicted molar refractivity (Wildman–Crippen MR) is 182 cm³/mol. The second-order valence-corrected chi connectivity index (χ2v) is 17.4. The molecule has 15 heteroatoms. The molecule has 6 rings (SSSR count). The zero-order valence-corrected chi connectivity index (χ0v) is 30.0. The summed E-state index contributed by atoms with van der Waals surface area (Å²) in [5.74, 6) is 0. The Morgan fingerprint density at radius 3 is 2.10 bits per heavy atom. The Hall–Kier alpha value is -1.18. The average Bonchev–Trinajstić information content (AvgIpc) is 3.54. The van der Waals surface area contributed by atoms with E-state index in [0.717, 1.165) is 47.9 Å². The van der Waals surface area contributed by atoms with E-state index in [1.54, 1.807) is 12.4 Å². The summed E-state index contributed by atoms with van der Waals surface area (Å²) in [5.41, 5.74) is 7.12. The van der Waals surface area contributed by atoms with E-state index in [2.05, 4.69) is 74.4 Å². The smallest absolute Gasteiger partial charge is 0.360 e. The van der Waals surface area contributed by atoms with Crippen LogP contribution in [0.3, 0.4) is 0 Å². The molecule has 1 aliphatic heterocycles. The summed E-state index contributed by atoms with van der Waals surface area (Å²) in [6.07, 6.45) is 10.1. The van der Waals surface area contributed by atoms with Crippen LogP contribution in [0.15, 0.2) is 63.9 Å². The third-order valence-corrected chi connectivity index (χ3v) is 6.90. The molecule has 2 N–H and O–H groups in total. The first-order chi connectivity index (χ1) is 19.4. The van der Waals surface area contributed by atoms with Gasteiger partial charge in [-0.15, -0.1) is 0 Å². The van der Waals surface area contributed by atoms with E-state index in [9.17, 15) is 0 Å². The maximum absolute atomic E-state index is 5.87. The third-order valence-electron chi connectivity index (χ3n) is 5.17. The van der Waals surface area contributed by atoms with Gasteiger partial charge >= 0.3 is 11.4 Å². The van der Waals surface area contributed by atoms with Crippen molar-refractivity contribution in [3.05, 3.63) is 103 Å². The topological polar surface area (TPSA) is 79.4 Å². The molecule has 0 unspecified atom stereocenters. The molecule has 2 aromatic carbocycles. The second kappa shape index (κ2) is 16.6. The molecule has 5 aromatic rings. The van der Waals surface area contributed by atoms with Gasteiger partial charge in [0.05, 0.1) is 5.69 Å². The number of anilines is 1. The SMILES string of the molecule is Brc1ccc2c(c1)N[C+]=C2.Cc1cnc(Cl)nc1-c1c[nH]c2cc(Br)ccc12.Cc1cnc(Cl)nc1Cl.[Cl][Al]([Cl])[Cl]. The molecule has 41 heavy (non-hydrogen) atoms. The summed E-state index contributed by atoms with van der Waals surface area (Å²) in [6, 6.07) is 12.2. The van der Waals surface area contributed by atoms with Crippen molar-refractivity contribution >= 4 is 131 Å². The molecule has 0 spiro atoms. The van der Waals surface area contributed by atoms with Gasteiger partial charge in [-0.05, 0) is 76.7 Å². The van der Waals surface area contributed by atoms with E-state index in [-0.39, 0.29) is 10.6 Å². The largest absolute Gasteiger partial charge is 0.643 e. The van der Waals surface area contributed by atoms with Gasteiger partial charge in [0, 0.05) is 61.7 Å². The summed E-state index contributed by atoms with van der Waals surface area (Å²) in [7, 11) is 14.8. The number of fused-ring (bicyclic) bond motifs is 2. The zero-order valence-electron chi connectivity index (χ0n) is 21.2. The van der Waals surface area contributed by atoms with Crippen LogP contribution in [0, 0.1) is 20.0 Å². The number of H-pyrrole nitrogens is 1. The highest BCUT2D eigenvalue weighted by Crippen LogP contribution is 2.31. The molecule has 0 saturated heterocycles. The van der Waals surface area contributed by atoms with Gasteiger partial charge in [0.2, 0.25) is 10.6 Å². The molecular weight excluding hydrogens is 796 g/mol. The van der Waals surface area contributed by atoms with Crippen molar-refractivity contribution < 1.29 is 0 Å². The van der Waals surface area contributed by atoms with Crippen molar-refractivity contribution in [2.24, 2.45) is 0 Å². The van der Waals surface area contributed by atoms with Crippen LogP contribution < -0.4 is 5.32 Å². The molecule has 6 nitrogen and oxygen atoms in total. The van der Waals surface area contributed by atoms with E-state index < -0.39 is 11.4 Å². The van der Waals surface area contributed by atoms with E-state index >= 15 is 0 Å². The molecule has 0 fully saturated rings. The van der Waals surface area contributed by atoms with Crippen LogP contribution in [0.25, 0.3) is 28.2 Å². The van der Waals surface area contributed by atoms with E-state index in [0.29, 0.717) is 5.15 Å². The van der Waals surface area contributed by atoms with Crippen LogP contribution in [-0.4, -0.2) is 36.3 Å². The van der Waals surface area contributed by atoms with Crippen LogP contribution in [0.5, 0.6) is 0 Å². The van der Waals surface area contributed by atoms with E-state index in [1.807, 2.05) is 56.5 Å². The lowest BCUT2D eigenvalue weighted by Gasteiger charge is -2.03. The lowest BCUT2D eigenvalue weighted by molar-refractivity contribution is 1.13. The fourth-order valence-corrected chi connectivity index (χ4v) is 4.50. The van der Waals surface area contributed by atoms with Crippen molar-refractivity contribution in [3.8, 4) is 11.3 Å². The molecule has 3 aromatic heterocycles. The fourth-order valence-electron chi connectivity index (χ4n) is 3.34. The van der Waals surface area contributed by atoms with E-state index in [4.69, 9.17) is 65.0 Å². The van der Waals surface area contributed by atoms with Crippen LogP contribution in [0.4, 0.5) is 5.69 Å². The van der Waals surface area contributed by atoms with E-state index in [1.165, 1.54) is 5.56 Å². The van der Waals surface area contributed by atoms with Gasteiger partial charge in [0.25, 0.3) is 0 Å². The predicted octanol–water partition coefficient (Wildman–Crippen LogP) is 10.8. The van der Waals surface area contributed by atoms with Crippen molar-refractivity contribution in [3.63, 3.8) is 0 Å². The maximum atomic E-state index is 5.87. The van der Waals surface area contributed by atoms with Crippen LogP contribution in [-0.2, 0) is 0 Å². The summed E-state index contributed by atoms with van der Waals surface area (Å²) in [5, 5.41) is 4.99. The molecule has 0 atom stereocenters. The van der Waals surface area contributed by atoms with Gasteiger partial charge in [0.1, 0.15) is 17.4 Å². The highest BCUT2D eigenvalue weighted by molar-refractivity contribution is 9.10. The Morgan fingerprint density at radius 1 is 0.829 bits per heavy atom. The van der Waals surface area contributed by atoms with Crippen LogP contribution in [0.1, 0.15) is 16.7 Å². The standard InChI is InChI=1S/C13H9BrClN3.C8H5BrN.C5H4Cl2N2.Al.3ClH/c1-7-5-17-13(15)18-12(7)10-6-16-11-4-8(14)2-3-9(10)11;9-7-2-1-6-3-4-10-8(6)5-7;1-3-2-8-5(7)9-4(3)6;;;;/h2-6,16H,1H3;1-3,5,10H;2H,1H3;;3*1H/q;+1;;+3;;;/p-3. The third kappa shape index (κ3) is 10.8. The summed E-state index contributed by atoms with van der Waals surface area (Å²) < 4.78 is 2.14. The fraction of sp³-hybridized carbons (Fsp3) is 0.0769. The Balaban J connectivity index is 0.000000171. The molecule has 210 valence electrons. The maximum Gasteiger partial charge on any atom is 0.643 e. The number of rotatable bonds is 1. The number of halogens is 8. The number of nitrogens with zero attached hydrogens (tertiary/aromatic N) is 4. The highest BCUT2D eigenvalue weighted by Gasteiger charge is 2.15. The summed E-state index contributed by atoms with van der Waals surface area (Å²) >= 11 is 22.0. The molecule has 4 heterocycles.